The van der Waals surface area contributed by atoms with Crippen molar-refractivity contribution in [1.29, 1.82) is 0 Å². The highest BCUT2D eigenvalue weighted by Crippen LogP contribution is 2.33. The maximum Gasteiger partial charge on any atom is 0.259 e. The molecule has 25 heavy (non-hydrogen) atoms. The molecule has 1 aromatic carbocycles. The van der Waals surface area contributed by atoms with Crippen molar-refractivity contribution >= 4 is 11.5 Å². The second-order valence-electron chi connectivity index (χ2n) is 7.22. The maximum atomic E-state index is 13.1. The minimum atomic E-state index is 0.0165. The molecule has 2 aromatic rings. The molecule has 0 bridgehead atoms. The summed E-state index contributed by atoms with van der Waals surface area (Å²) in [5, 5.41) is 0. The van der Waals surface area contributed by atoms with Gasteiger partial charge in [-0.15, -0.1) is 0 Å². The molecule has 0 N–H and O–H groups in total. The van der Waals surface area contributed by atoms with Crippen LogP contribution in [0.15, 0.2) is 5.57 Å². The molecule has 0 spiro atoms. The Morgan fingerprint density at radius 3 is 1.60 bits per heavy atom. The molecule has 0 aliphatic heterocycles. The molecule has 0 amide bonds. The van der Waals surface area contributed by atoms with Gasteiger partial charge in [0.15, 0.2) is 0 Å². The maximum absolute atomic E-state index is 13.1. The summed E-state index contributed by atoms with van der Waals surface area (Å²) in [5.74, 6) is 0.764. The largest absolute Gasteiger partial charge is 0.269 e. The molecular formula is C22H30N2O. The molecule has 0 unspecified atom stereocenters. The summed E-state index contributed by atoms with van der Waals surface area (Å²) in [6, 6.07) is 0. The Labute approximate surface area is 151 Å². The Kier molecular flexibility index (Phi) is 5.08. The number of carbonyl (C=O) groups excluding carboxylic acids is 1. The number of imidazole rings is 1. The molecule has 0 saturated carbocycles. The molecule has 1 aromatic heterocycles. The van der Waals surface area contributed by atoms with Crippen molar-refractivity contribution < 1.29 is 4.79 Å². The Bertz CT molecular complexity index is 882. The predicted molar refractivity (Wildman–Crippen MR) is 105 cm³/mol. The van der Waals surface area contributed by atoms with Gasteiger partial charge in [-0.3, -0.25) is 9.36 Å². The molecule has 3 nitrogen and oxygen atoms in total. The Morgan fingerprint density at radius 1 is 0.760 bits per heavy atom. The zero-order valence-corrected chi connectivity index (χ0v) is 17.3. The summed E-state index contributed by atoms with van der Waals surface area (Å²) in [5.41, 5.74) is 11.3. The molecule has 0 atom stereocenters. The summed E-state index contributed by atoms with van der Waals surface area (Å²) in [6.07, 6.45) is 0. The topological polar surface area (TPSA) is 34.9 Å². The van der Waals surface area contributed by atoms with Gasteiger partial charge >= 0.3 is 0 Å². The fourth-order valence-electron chi connectivity index (χ4n) is 3.66. The van der Waals surface area contributed by atoms with Crippen LogP contribution < -0.4 is 0 Å². The van der Waals surface area contributed by atoms with E-state index in [2.05, 4.69) is 46.5 Å². The number of rotatable bonds is 2. The number of aryl methyl sites for hydroxylation is 2. The number of allylic oxidation sites excluding steroid dienone is 2. The lowest BCUT2D eigenvalue weighted by Crippen LogP contribution is -2.16. The lowest BCUT2D eigenvalue weighted by Gasteiger charge is -2.21. The minimum absolute atomic E-state index is 0.0165. The van der Waals surface area contributed by atoms with E-state index >= 15 is 0 Å². The average molecular weight is 338 g/mol. The van der Waals surface area contributed by atoms with E-state index in [1.54, 1.807) is 4.57 Å². The number of hydrogen-bond acceptors (Lipinski definition) is 2. The van der Waals surface area contributed by atoms with Gasteiger partial charge < -0.3 is 0 Å². The van der Waals surface area contributed by atoms with Crippen LogP contribution in [0.3, 0.4) is 0 Å². The van der Waals surface area contributed by atoms with Crippen LogP contribution in [0.4, 0.5) is 0 Å². The molecule has 3 heteroatoms. The number of nitrogens with zero attached hydrogens (tertiary/aromatic N) is 2. The van der Waals surface area contributed by atoms with Gasteiger partial charge in [0.1, 0.15) is 5.82 Å². The molecular weight excluding hydrogens is 308 g/mol. The molecule has 1 heterocycles. The van der Waals surface area contributed by atoms with E-state index in [-0.39, 0.29) is 5.91 Å². The first-order chi connectivity index (χ1) is 11.5. The molecule has 0 aliphatic rings. The van der Waals surface area contributed by atoms with Gasteiger partial charge in [0, 0.05) is 11.3 Å². The zero-order chi connectivity index (χ0) is 19.2. The third-order valence-electron chi connectivity index (χ3n) is 5.97. The molecule has 0 fully saturated rings. The number of hydrogen-bond donors (Lipinski definition) is 0. The van der Waals surface area contributed by atoms with Crippen molar-refractivity contribution in [2.45, 2.75) is 69.2 Å². The average Bonchev–Trinajstić information content (AvgIpc) is 2.82. The molecule has 2 rings (SSSR count). The van der Waals surface area contributed by atoms with E-state index in [0.29, 0.717) is 0 Å². The van der Waals surface area contributed by atoms with Crippen LogP contribution in [-0.2, 0) is 0 Å². The van der Waals surface area contributed by atoms with Crippen molar-refractivity contribution in [3.63, 3.8) is 0 Å². The third-order valence-corrected chi connectivity index (χ3v) is 5.97. The lowest BCUT2D eigenvalue weighted by molar-refractivity contribution is 0.0951. The van der Waals surface area contributed by atoms with Crippen LogP contribution in [0.25, 0.3) is 5.57 Å². The van der Waals surface area contributed by atoms with E-state index in [9.17, 15) is 4.79 Å². The van der Waals surface area contributed by atoms with Gasteiger partial charge in [-0.1, -0.05) is 0 Å². The Balaban J connectivity index is 2.70. The highest BCUT2D eigenvalue weighted by Gasteiger charge is 2.20. The van der Waals surface area contributed by atoms with Gasteiger partial charge in [0.05, 0.1) is 5.69 Å². The fraction of sp³-hybridized carbons (Fsp3) is 0.455. The summed E-state index contributed by atoms with van der Waals surface area (Å²) in [4.78, 5) is 17.6. The first kappa shape index (κ1) is 19.2. The van der Waals surface area contributed by atoms with Crippen LogP contribution in [0.5, 0.6) is 0 Å². The molecule has 0 radical (unpaired) electrons. The van der Waals surface area contributed by atoms with Gasteiger partial charge in [-0.05, 0) is 108 Å². The van der Waals surface area contributed by atoms with Crippen LogP contribution in [0.1, 0.15) is 69.2 Å². The van der Waals surface area contributed by atoms with E-state index in [0.717, 1.165) is 28.4 Å². The van der Waals surface area contributed by atoms with Crippen molar-refractivity contribution in [2.75, 3.05) is 0 Å². The zero-order valence-electron chi connectivity index (χ0n) is 17.3. The molecule has 134 valence electrons. The lowest BCUT2D eigenvalue weighted by atomic mass is 9.85. The monoisotopic (exact) mass is 338 g/mol. The van der Waals surface area contributed by atoms with E-state index < -0.39 is 0 Å². The van der Waals surface area contributed by atoms with Gasteiger partial charge in [-0.2, -0.15) is 0 Å². The fourth-order valence-corrected chi connectivity index (χ4v) is 3.66. The highest BCUT2D eigenvalue weighted by molar-refractivity contribution is 6.03. The summed E-state index contributed by atoms with van der Waals surface area (Å²) in [7, 11) is 0. The minimum Gasteiger partial charge on any atom is -0.269 e. The number of benzene rings is 1. The molecule has 0 saturated heterocycles. The standard InChI is InChI=1S/C22H30N2O/c1-11-12(2)14(4)21(15(5)13(11)3)16(6)17(7)22(25)24-19(9)18(8)23-20(24)10/h1-10H3/b17-16+. The SMILES string of the molecule is C/C(C(=O)n1c(C)nc(C)c1C)=C(/C)c1c(C)c(C)c(C)c(C)c1C. The van der Waals surface area contributed by atoms with E-state index in [4.69, 9.17) is 0 Å². The smallest absolute Gasteiger partial charge is 0.259 e. The first-order valence-corrected chi connectivity index (χ1v) is 8.82. The van der Waals surface area contributed by atoms with Crippen molar-refractivity contribution in [1.82, 2.24) is 9.55 Å². The van der Waals surface area contributed by atoms with Crippen molar-refractivity contribution in [3.05, 3.63) is 56.2 Å². The quantitative estimate of drug-likeness (QED) is 0.679. The third kappa shape index (κ3) is 2.97. The number of carbonyl (C=O) groups is 1. The summed E-state index contributed by atoms with van der Waals surface area (Å²) in [6.45, 7) is 20.6. The predicted octanol–water partition coefficient (Wildman–Crippen LogP) is 5.48. The van der Waals surface area contributed by atoms with Crippen LogP contribution in [0, 0.1) is 55.4 Å². The van der Waals surface area contributed by atoms with Crippen LogP contribution in [-0.4, -0.2) is 15.5 Å². The first-order valence-electron chi connectivity index (χ1n) is 8.82. The van der Waals surface area contributed by atoms with Gasteiger partial charge in [0.25, 0.3) is 5.91 Å². The number of aromatic nitrogens is 2. The molecule has 0 aliphatic carbocycles. The van der Waals surface area contributed by atoms with E-state index in [1.165, 1.54) is 33.4 Å². The second-order valence-corrected chi connectivity index (χ2v) is 7.22. The van der Waals surface area contributed by atoms with Gasteiger partial charge in [-0.25, -0.2) is 4.98 Å². The normalized spacial score (nSPS) is 12.4. The Morgan fingerprint density at radius 2 is 1.20 bits per heavy atom. The van der Waals surface area contributed by atoms with Crippen molar-refractivity contribution in [2.24, 2.45) is 0 Å². The second kappa shape index (κ2) is 6.62. The van der Waals surface area contributed by atoms with Crippen LogP contribution in [0.2, 0.25) is 0 Å². The highest BCUT2D eigenvalue weighted by atomic mass is 16.2. The summed E-state index contributed by atoms with van der Waals surface area (Å²) >= 11 is 0. The van der Waals surface area contributed by atoms with E-state index in [1.807, 2.05) is 27.7 Å². The van der Waals surface area contributed by atoms with Gasteiger partial charge in [0.2, 0.25) is 0 Å². The summed E-state index contributed by atoms with van der Waals surface area (Å²) < 4.78 is 1.73. The van der Waals surface area contributed by atoms with Crippen LogP contribution >= 0.6 is 0 Å². The van der Waals surface area contributed by atoms with Crippen molar-refractivity contribution in [3.8, 4) is 0 Å². The Hall–Kier alpha value is -2.16.